The number of aryl methyl sites for hydroxylation is 2. The van der Waals surface area contributed by atoms with Crippen LogP contribution in [-0.2, 0) is 10.3 Å². The van der Waals surface area contributed by atoms with Gasteiger partial charge in [-0.15, -0.1) is 11.3 Å². The number of carbonyl (C=O) groups is 1. The van der Waals surface area contributed by atoms with Crippen LogP contribution in [0.5, 0.6) is 0 Å². The van der Waals surface area contributed by atoms with E-state index in [1.165, 1.54) is 0 Å². The highest BCUT2D eigenvalue weighted by molar-refractivity contribution is 9.10. The second-order valence-corrected chi connectivity index (χ2v) is 8.36. The summed E-state index contributed by atoms with van der Waals surface area (Å²) in [6.45, 7) is 5.36. The second kappa shape index (κ2) is 6.75. The van der Waals surface area contributed by atoms with Crippen molar-refractivity contribution in [1.29, 1.82) is 0 Å². The Morgan fingerprint density at radius 1 is 1.26 bits per heavy atom. The number of ether oxygens (including phenoxy) is 1. The molecule has 2 aromatic rings. The van der Waals surface area contributed by atoms with Crippen LogP contribution in [-0.4, -0.2) is 19.1 Å². The Kier molecular flexibility index (Phi) is 4.90. The van der Waals surface area contributed by atoms with Gasteiger partial charge in [0.15, 0.2) is 0 Å². The predicted molar refractivity (Wildman–Crippen MR) is 97.1 cm³/mol. The fourth-order valence-corrected chi connectivity index (χ4v) is 4.45. The van der Waals surface area contributed by atoms with Gasteiger partial charge in [0.1, 0.15) is 0 Å². The maximum absolute atomic E-state index is 12.9. The minimum absolute atomic E-state index is 0.00808. The lowest BCUT2D eigenvalue weighted by Crippen LogP contribution is -2.49. The van der Waals surface area contributed by atoms with Crippen molar-refractivity contribution in [2.24, 2.45) is 0 Å². The lowest BCUT2D eigenvalue weighted by Gasteiger charge is -2.38. The summed E-state index contributed by atoms with van der Waals surface area (Å²) in [6.07, 6.45) is 1.58. The minimum atomic E-state index is -0.360. The van der Waals surface area contributed by atoms with Gasteiger partial charge in [0.2, 0.25) is 0 Å². The van der Waals surface area contributed by atoms with Crippen LogP contribution in [0.4, 0.5) is 0 Å². The zero-order chi connectivity index (χ0) is 16.4. The van der Waals surface area contributed by atoms with Crippen molar-refractivity contribution < 1.29 is 9.53 Å². The average Bonchev–Trinajstić information content (AvgIpc) is 2.87. The van der Waals surface area contributed by atoms with E-state index < -0.39 is 0 Å². The molecular weight excluding hydrogens is 374 g/mol. The van der Waals surface area contributed by atoms with Gasteiger partial charge in [-0.3, -0.25) is 4.79 Å². The molecule has 1 N–H and O–H groups in total. The normalized spacial score (nSPS) is 17.0. The van der Waals surface area contributed by atoms with Crippen LogP contribution in [0.2, 0.25) is 0 Å². The molecule has 0 saturated carbocycles. The molecule has 23 heavy (non-hydrogen) atoms. The van der Waals surface area contributed by atoms with Gasteiger partial charge < -0.3 is 10.1 Å². The number of halogens is 1. The van der Waals surface area contributed by atoms with E-state index >= 15 is 0 Å². The molecule has 0 atom stereocenters. The zero-order valence-electron chi connectivity index (χ0n) is 13.3. The summed E-state index contributed by atoms with van der Waals surface area (Å²) in [7, 11) is 0. The summed E-state index contributed by atoms with van der Waals surface area (Å²) < 4.78 is 6.56. The lowest BCUT2D eigenvalue weighted by atomic mass is 9.82. The third-order valence-corrected chi connectivity index (χ3v) is 5.82. The Morgan fingerprint density at radius 3 is 2.61 bits per heavy atom. The van der Waals surface area contributed by atoms with Gasteiger partial charge in [-0.1, -0.05) is 28.1 Å². The van der Waals surface area contributed by atoms with E-state index in [1.807, 2.05) is 32.0 Å². The summed E-state index contributed by atoms with van der Waals surface area (Å²) in [6, 6.07) is 10.2. The topological polar surface area (TPSA) is 38.3 Å². The molecule has 1 fully saturated rings. The van der Waals surface area contributed by atoms with Crippen LogP contribution in [0.15, 0.2) is 34.8 Å². The molecule has 0 radical (unpaired) electrons. The molecule has 1 amide bonds. The summed E-state index contributed by atoms with van der Waals surface area (Å²) in [5.74, 6) is 0.00808. The molecule has 5 heteroatoms. The maximum atomic E-state index is 12.9. The summed E-state index contributed by atoms with van der Waals surface area (Å²) >= 11 is 5.20. The molecule has 3 rings (SSSR count). The summed E-state index contributed by atoms with van der Waals surface area (Å²) in [5.41, 5.74) is 1.56. The van der Waals surface area contributed by atoms with Crippen molar-refractivity contribution in [3.63, 3.8) is 0 Å². The van der Waals surface area contributed by atoms with Gasteiger partial charge in [0.25, 0.3) is 5.91 Å². The third kappa shape index (κ3) is 3.52. The molecular formula is C18H20BrNO2S. The van der Waals surface area contributed by atoms with Crippen molar-refractivity contribution in [3.8, 4) is 0 Å². The molecule has 1 aliphatic rings. The Hall–Kier alpha value is -1.17. The van der Waals surface area contributed by atoms with Crippen molar-refractivity contribution in [2.45, 2.75) is 32.2 Å². The van der Waals surface area contributed by atoms with E-state index in [-0.39, 0.29) is 11.4 Å². The standard InChI is InChI=1S/C18H20BrNO2S/c1-12-10-16(13(2)23-12)17(21)20-18(6-8-22-9-7-18)14-4-3-5-15(19)11-14/h3-5,10-11H,6-9H2,1-2H3,(H,20,21). The molecule has 1 aliphatic heterocycles. The van der Waals surface area contributed by atoms with Crippen LogP contribution in [0, 0.1) is 13.8 Å². The Balaban J connectivity index is 1.93. The second-order valence-electron chi connectivity index (χ2n) is 5.99. The monoisotopic (exact) mass is 393 g/mol. The number of hydrogen-bond acceptors (Lipinski definition) is 3. The quantitative estimate of drug-likeness (QED) is 0.829. The van der Waals surface area contributed by atoms with Crippen LogP contribution in [0.25, 0.3) is 0 Å². The Labute approximate surface area is 149 Å². The van der Waals surface area contributed by atoms with Crippen LogP contribution < -0.4 is 5.32 Å². The highest BCUT2D eigenvalue weighted by Gasteiger charge is 2.36. The highest BCUT2D eigenvalue weighted by Crippen LogP contribution is 2.34. The van der Waals surface area contributed by atoms with Crippen LogP contribution in [0.3, 0.4) is 0 Å². The van der Waals surface area contributed by atoms with E-state index in [1.54, 1.807) is 11.3 Å². The molecule has 0 aliphatic carbocycles. The number of nitrogens with one attached hydrogen (secondary N) is 1. The number of benzene rings is 1. The predicted octanol–water partition coefficient (Wildman–Crippen LogP) is 4.56. The minimum Gasteiger partial charge on any atom is -0.381 e. The van der Waals surface area contributed by atoms with Crippen molar-refractivity contribution in [3.05, 3.63) is 55.7 Å². The van der Waals surface area contributed by atoms with Gasteiger partial charge in [-0.2, -0.15) is 0 Å². The number of amides is 1. The molecule has 1 saturated heterocycles. The maximum Gasteiger partial charge on any atom is 0.253 e. The molecule has 0 spiro atoms. The van der Waals surface area contributed by atoms with Gasteiger partial charge in [-0.25, -0.2) is 0 Å². The molecule has 3 nitrogen and oxygen atoms in total. The largest absolute Gasteiger partial charge is 0.381 e. The van der Waals surface area contributed by atoms with Gasteiger partial charge >= 0.3 is 0 Å². The SMILES string of the molecule is Cc1cc(C(=O)NC2(c3cccc(Br)c3)CCOCC2)c(C)s1. The van der Waals surface area contributed by atoms with E-state index in [0.29, 0.717) is 13.2 Å². The number of thiophene rings is 1. The fourth-order valence-electron chi connectivity index (χ4n) is 3.13. The van der Waals surface area contributed by atoms with Crippen molar-refractivity contribution in [1.82, 2.24) is 5.32 Å². The zero-order valence-corrected chi connectivity index (χ0v) is 15.7. The first-order valence-electron chi connectivity index (χ1n) is 7.73. The summed E-state index contributed by atoms with van der Waals surface area (Å²) in [5, 5.41) is 3.31. The summed E-state index contributed by atoms with van der Waals surface area (Å²) in [4.78, 5) is 15.1. The molecule has 1 aromatic heterocycles. The van der Waals surface area contributed by atoms with E-state index in [2.05, 4.69) is 33.4 Å². The van der Waals surface area contributed by atoms with E-state index in [0.717, 1.165) is 38.2 Å². The first-order valence-corrected chi connectivity index (χ1v) is 9.34. The van der Waals surface area contributed by atoms with E-state index in [9.17, 15) is 4.79 Å². The van der Waals surface area contributed by atoms with Crippen LogP contribution >= 0.6 is 27.3 Å². The lowest BCUT2D eigenvalue weighted by molar-refractivity contribution is 0.0345. The Bertz CT molecular complexity index is 720. The molecule has 0 bridgehead atoms. The van der Waals surface area contributed by atoms with Gasteiger partial charge in [0.05, 0.1) is 11.1 Å². The molecule has 1 aromatic carbocycles. The molecule has 0 unspecified atom stereocenters. The number of carbonyl (C=O) groups excluding carboxylic acids is 1. The fraction of sp³-hybridized carbons (Fsp3) is 0.389. The number of rotatable bonds is 3. The smallest absolute Gasteiger partial charge is 0.253 e. The highest BCUT2D eigenvalue weighted by atomic mass is 79.9. The molecule has 2 heterocycles. The number of hydrogen-bond donors (Lipinski definition) is 1. The first-order chi connectivity index (χ1) is 11.0. The van der Waals surface area contributed by atoms with Crippen LogP contribution in [0.1, 0.15) is 38.5 Å². The third-order valence-electron chi connectivity index (χ3n) is 4.36. The van der Waals surface area contributed by atoms with E-state index in [4.69, 9.17) is 4.74 Å². The van der Waals surface area contributed by atoms with Gasteiger partial charge in [0, 0.05) is 27.4 Å². The Morgan fingerprint density at radius 2 is 2.00 bits per heavy atom. The molecule has 122 valence electrons. The first kappa shape index (κ1) is 16.7. The van der Waals surface area contributed by atoms with Crippen molar-refractivity contribution >= 4 is 33.2 Å². The van der Waals surface area contributed by atoms with Crippen molar-refractivity contribution in [2.75, 3.05) is 13.2 Å². The van der Waals surface area contributed by atoms with Gasteiger partial charge in [-0.05, 0) is 50.5 Å². The average molecular weight is 394 g/mol.